The first-order chi connectivity index (χ1) is 9.69. The molecule has 0 aliphatic rings. The minimum Gasteiger partial charge on any atom is -0.489 e. The predicted molar refractivity (Wildman–Crippen MR) is 76.1 cm³/mol. The molecule has 0 spiro atoms. The van der Waals surface area contributed by atoms with Gasteiger partial charge in [0.1, 0.15) is 24.8 Å². The van der Waals surface area contributed by atoms with E-state index in [1.165, 1.54) is 6.07 Å². The van der Waals surface area contributed by atoms with Crippen molar-refractivity contribution in [3.8, 4) is 17.6 Å². The summed E-state index contributed by atoms with van der Waals surface area (Å²) in [6.07, 6.45) is 0. The summed E-state index contributed by atoms with van der Waals surface area (Å²) in [5, 5.41) is 9.00. The Bertz CT molecular complexity index is 659. The number of aliphatic hydroxyl groups is 1. The maximum Gasteiger partial charge on any atom is 0.131 e. The van der Waals surface area contributed by atoms with Gasteiger partial charge in [0.2, 0.25) is 0 Å². The van der Waals surface area contributed by atoms with Crippen molar-refractivity contribution >= 4 is 11.6 Å². The van der Waals surface area contributed by atoms with E-state index < -0.39 is 5.82 Å². The third kappa shape index (κ3) is 3.99. The summed E-state index contributed by atoms with van der Waals surface area (Å²) in [5.74, 6) is 5.53. The molecule has 0 bridgehead atoms. The lowest BCUT2D eigenvalue weighted by Crippen LogP contribution is -1.98. The molecule has 0 aliphatic heterocycles. The van der Waals surface area contributed by atoms with Gasteiger partial charge in [-0.3, -0.25) is 0 Å². The van der Waals surface area contributed by atoms with Crippen LogP contribution in [0, 0.1) is 17.7 Å². The minimum absolute atomic E-state index is 0.111. The van der Waals surface area contributed by atoms with Crippen molar-refractivity contribution < 1.29 is 14.2 Å². The first-order valence-corrected chi connectivity index (χ1v) is 6.33. The zero-order valence-corrected chi connectivity index (χ0v) is 11.3. The Morgan fingerprint density at radius 3 is 2.80 bits per heavy atom. The van der Waals surface area contributed by atoms with Crippen molar-refractivity contribution in [3.63, 3.8) is 0 Å². The van der Waals surface area contributed by atoms with E-state index in [0.29, 0.717) is 16.3 Å². The van der Waals surface area contributed by atoms with Crippen LogP contribution < -0.4 is 4.74 Å². The summed E-state index contributed by atoms with van der Waals surface area (Å²) in [6, 6.07) is 11.5. The fourth-order valence-corrected chi connectivity index (χ4v) is 1.76. The first kappa shape index (κ1) is 14.4. The second kappa shape index (κ2) is 6.95. The highest BCUT2D eigenvalue weighted by molar-refractivity contribution is 6.30. The molecule has 0 aliphatic carbocycles. The molecule has 0 amide bonds. The van der Waals surface area contributed by atoms with E-state index in [9.17, 15) is 4.39 Å². The molecule has 2 nitrogen and oxygen atoms in total. The Labute approximate surface area is 121 Å². The van der Waals surface area contributed by atoms with Gasteiger partial charge in [0.25, 0.3) is 0 Å². The molecule has 0 unspecified atom stereocenters. The Morgan fingerprint density at radius 1 is 1.20 bits per heavy atom. The van der Waals surface area contributed by atoms with E-state index in [1.807, 2.05) is 0 Å². The number of rotatable bonds is 3. The lowest BCUT2D eigenvalue weighted by atomic mass is 10.2. The van der Waals surface area contributed by atoms with Crippen LogP contribution in [0.15, 0.2) is 42.5 Å². The largest absolute Gasteiger partial charge is 0.489 e. The van der Waals surface area contributed by atoms with E-state index in [2.05, 4.69) is 11.8 Å². The molecule has 0 saturated heterocycles. The van der Waals surface area contributed by atoms with Crippen molar-refractivity contribution in [2.45, 2.75) is 6.61 Å². The van der Waals surface area contributed by atoms with Gasteiger partial charge >= 0.3 is 0 Å². The summed E-state index contributed by atoms with van der Waals surface area (Å²) in [5.41, 5.74) is 1.16. The van der Waals surface area contributed by atoms with Crippen LogP contribution in [0.1, 0.15) is 11.1 Å². The highest BCUT2D eigenvalue weighted by Crippen LogP contribution is 2.18. The molecule has 0 saturated carbocycles. The van der Waals surface area contributed by atoms with E-state index in [-0.39, 0.29) is 13.2 Å². The van der Waals surface area contributed by atoms with Gasteiger partial charge in [-0.2, -0.15) is 0 Å². The van der Waals surface area contributed by atoms with Gasteiger partial charge in [-0.15, -0.1) is 0 Å². The Balaban J connectivity index is 2.07. The van der Waals surface area contributed by atoms with Crippen LogP contribution in [0.25, 0.3) is 0 Å². The van der Waals surface area contributed by atoms with Crippen LogP contribution in [0.4, 0.5) is 4.39 Å². The lowest BCUT2D eigenvalue weighted by molar-refractivity contribution is 0.300. The number of hydrogen-bond donors (Lipinski definition) is 1. The highest BCUT2D eigenvalue weighted by Gasteiger charge is 2.04. The summed E-state index contributed by atoms with van der Waals surface area (Å²) in [7, 11) is 0. The molecule has 0 aromatic heterocycles. The van der Waals surface area contributed by atoms with Crippen molar-refractivity contribution in [1.82, 2.24) is 0 Å². The molecule has 2 aromatic rings. The standard InChI is InChI=1S/C16H12ClFO2/c17-14-7-6-13(16(18)10-14)11-20-15-5-1-3-12(9-15)4-2-8-19/h1,3,5-7,9-10,19H,8,11H2. The monoisotopic (exact) mass is 290 g/mol. The Morgan fingerprint density at radius 2 is 2.05 bits per heavy atom. The fraction of sp³-hybridized carbons (Fsp3) is 0.125. The average Bonchev–Trinajstić information content (AvgIpc) is 2.45. The average molecular weight is 291 g/mol. The molecule has 102 valence electrons. The Hall–Kier alpha value is -2.02. The van der Waals surface area contributed by atoms with Crippen LogP contribution in [0.3, 0.4) is 0 Å². The van der Waals surface area contributed by atoms with Gasteiger partial charge < -0.3 is 9.84 Å². The number of ether oxygens (including phenoxy) is 1. The summed E-state index contributed by atoms with van der Waals surface area (Å²) < 4.78 is 19.1. The van der Waals surface area contributed by atoms with Gasteiger partial charge in [0.15, 0.2) is 0 Å². The maximum absolute atomic E-state index is 13.6. The van der Waals surface area contributed by atoms with Gasteiger partial charge in [-0.05, 0) is 30.3 Å². The number of aliphatic hydroxyl groups excluding tert-OH is 1. The first-order valence-electron chi connectivity index (χ1n) is 5.95. The fourth-order valence-electron chi connectivity index (χ4n) is 1.61. The molecule has 1 N–H and O–H groups in total. The number of benzene rings is 2. The van der Waals surface area contributed by atoms with Gasteiger partial charge in [-0.1, -0.05) is 35.6 Å². The summed E-state index contributed by atoms with van der Waals surface area (Å²) in [4.78, 5) is 0. The van der Waals surface area contributed by atoms with Gasteiger partial charge in [-0.25, -0.2) is 4.39 Å². The summed E-state index contributed by atoms with van der Waals surface area (Å²) >= 11 is 5.69. The van der Waals surface area contributed by atoms with E-state index in [0.717, 1.165) is 5.56 Å². The van der Waals surface area contributed by atoms with Crippen LogP contribution in [0.2, 0.25) is 5.02 Å². The zero-order chi connectivity index (χ0) is 14.4. The van der Waals surface area contributed by atoms with Crippen molar-refractivity contribution in [1.29, 1.82) is 0 Å². The zero-order valence-electron chi connectivity index (χ0n) is 10.6. The smallest absolute Gasteiger partial charge is 0.131 e. The van der Waals surface area contributed by atoms with Crippen molar-refractivity contribution in [2.75, 3.05) is 6.61 Å². The lowest BCUT2D eigenvalue weighted by Gasteiger charge is -2.07. The molecule has 0 heterocycles. The van der Waals surface area contributed by atoms with Gasteiger partial charge in [0, 0.05) is 16.1 Å². The Kier molecular flexibility index (Phi) is 5.00. The second-order valence-corrected chi connectivity index (χ2v) is 4.45. The van der Waals surface area contributed by atoms with Crippen molar-refractivity contribution in [2.24, 2.45) is 0 Å². The quantitative estimate of drug-likeness (QED) is 0.878. The third-order valence-corrected chi connectivity index (χ3v) is 2.79. The molecular weight excluding hydrogens is 279 g/mol. The van der Waals surface area contributed by atoms with Gasteiger partial charge in [0.05, 0.1) is 0 Å². The SMILES string of the molecule is OCC#Cc1cccc(OCc2ccc(Cl)cc2F)c1. The predicted octanol–water partition coefficient (Wildman–Crippen LogP) is 3.40. The highest BCUT2D eigenvalue weighted by atomic mass is 35.5. The number of hydrogen-bond acceptors (Lipinski definition) is 2. The molecule has 0 fully saturated rings. The van der Waals surface area contributed by atoms with Crippen LogP contribution >= 0.6 is 11.6 Å². The van der Waals surface area contributed by atoms with Crippen LogP contribution in [-0.2, 0) is 6.61 Å². The number of halogens is 2. The minimum atomic E-state index is -0.395. The van der Waals surface area contributed by atoms with E-state index in [1.54, 1.807) is 36.4 Å². The normalized spacial score (nSPS) is 9.75. The molecule has 4 heteroatoms. The topological polar surface area (TPSA) is 29.5 Å². The molecule has 0 atom stereocenters. The van der Waals surface area contributed by atoms with E-state index in [4.69, 9.17) is 21.4 Å². The molecule has 20 heavy (non-hydrogen) atoms. The van der Waals surface area contributed by atoms with Crippen LogP contribution in [-0.4, -0.2) is 11.7 Å². The second-order valence-electron chi connectivity index (χ2n) is 4.01. The van der Waals surface area contributed by atoms with Crippen molar-refractivity contribution in [3.05, 3.63) is 64.4 Å². The van der Waals surface area contributed by atoms with Crippen LogP contribution in [0.5, 0.6) is 5.75 Å². The maximum atomic E-state index is 13.6. The van der Waals surface area contributed by atoms with E-state index >= 15 is 0 Å². The molecule has 2 rings (SSSR count). The summed E-state index contributed by atoms with van der Waals surface area (Å²) in [6.45, 7) is -0.0824. The molecular formula is C16H12ClFO2. The third-order valence-electron chi connectivity index (χ3n) is 2.56. The molecule has 2 aromatic carbocycles. The molecule has 0 radical (unpaired) electrons.